The van der Waals surface area contributed by atoms with Crippen molar-refractivity contribution in [3.8, 4) is 11.8 Å². The molecule has 0 saturated heterocycles. The maximum Gasteiger partial charge on any atom is 0.261 e. The highest BCUT2D eigenvalue weighted by atomic mass is 28.4. The van der Waals surface area contributed by atoms with Gasteiger partial charge in [-0.05, 0) is 34.7 Å². The van der Waals surface area contributed by atoms with Crippen LogP contribution in [-0.2, 0) is 4.43 Å². The lowest BCUT2D eigenvalue weighted by Gasteiger charge is -2.43. The van der Waals surface area contributed by atoms with Gasteiger partial charge >= 0.3 is 0 Å². The Morgan fingerprint density at radius 1 is 0.828 bits per heavy atom. The predicted octanol–water partition coefficient (Wildman–Crippen LogP) is 4.50. The molecule has 0 aliphatic heterocycles. The minimum atomic E-state index is -2.42. The number of hydroxylamine groups is 1. The van der Waals surface area contributed by atoms with Crippen molar-refractivity contribution >= 4 is 18.7 Å². The molecule has 0 atom stereocenters. The summed E-state index contributed by atoms with van der Waals surface area (Å²) in [7, 11) is -2.42. The van der Waals surface area contributed by atoms with Crippen LogP contribution in [-0.4, -0.2) is 26.7 Å². The van der Waals surface area contributed by atoms with Crippen LogP contribution >= 0.6 is 0 Å². The number of nitrogens with one attached hydrogen (secondary N) is 1. The third-order valence-electron chi connectivity index (χ3n) is 5.15. The zero-order chi connectivity index (χ0) is 21.0. The maximum atomic E-state index is 8.56. The largest absolute Gasteiger partial charge is 0.407 e. The summed E-state index contributed by atoms with van der Waals surface area (Å²) in [6.45, 7) is 8.27. The second kappa shape index (κ2) is 11.9. The number of hydrogen-bond acceptors (Lipinski definition) is 3. The van der Waals surface area contributed by atoms with E-state index in [1.165, 1.54) is 10.4 Å². The van der Waals surface area contributed by atoms with E-state index in [4.69, 9.17) is 9.63 Å². The second-order valence-corrected chi connectivity index (χ2v) is 12.6. The third kappa shape index (κ3) is 6.55. The molecule has 156 valence electrons. The van der Waals surface area contributed by atoms with Crippen LogP contribution < -0.4 is 15.9 Å². The molecule has 0 aliphatic rings. The Balaban J connectivity index is 2.09. The molecule has 0 heterocycles. The molecule has 2 N–H and O–H groups in total. The van der Waals surface area contributed by atoms with E-state index in [1.807, 2.05) is 0 Å². The molecule has 2 rings (SSSR count). The van der Waals surface area contributed by atoms with Gasteiger partial charge in [-0.25, -0.2) is 5.48 Å². The molecule has 0 fully saturated rings. The first-order chi connectivity index (χ1) is 14.0. The highest BCUT2D eigenvalue weighted by Gasteiger charge is 2.49. The van der Waals surface area contributed by atoms with Gasteiger partial charge in [-0.15, -0.1) is 11.8 Å². The second-order valence-electron chi connectivity index (χ2n) is 8.33. The van der Waals surface area contributed by atoms with Crippen LogP contribution in [0.3, 0.4) is 0 Å². The van der Waals surface area contributed by atoms with Gasteiger partial charge in [-0.3, -0.25) is 0 Å². The Morgan fingerprint density at radius 2 is 1.34 bits per heavy atom. The van der Waals surface area contributed by atoms with Crippen LogP contribution in [0, 0.1) is 11.8 Å². The van der Waals surface area contributed by atoms with Gasteiger partial charge in [0.25, 0.3) is 8.32 Å². The van der Waals surface area contributed by atoms with Crippen molar-refractivity contribution in [2.45, 2.75) is 57.9 Å². The van der Waals surface area contributed by atoms with E-state index in [1.54, 1.807) is 0 Å². The molecule has 0 bridgehead atoms. The van der Waals surface area contributed by atoms with Crippen molar-refractivity contribution in [1.82, 2.24) is 5.48 Å². The number of hydrogen-bond donors (Lipinski definition) is 2. The summed E-state index contributed by atoms with van der Waals surface area (Å²) in [5.41, 5.74) is 2.18. The summed E-state index contributed by atoms with van der Waals surface area (Å²) in [5, 5.41) is 11.2. The summed E-state index contributed by atoms with van der Waals surface area (Å²) in [6, 6.07) is 21.5. The average Bonchev–Trinajstić information content (AvgIpc) is 2.72. The SMILES string of the molecule is CC(C)(C)[Si](OCCCC#CCCCCNO)(c1ccccc1)c1ccccc1. The van der Waals surface area contributed by atoms with E-state index < -0.39 is 8.32 Å². The lowest BCUT2D eigenvalue weighted by atomic mass is 10.2. The quantitative estimate of drug-likeness (QED) is 0.263. The fourth-order valence-electron chi connectivity index (χ4n) is 3.74. The molecule has 2 aromatic carbocycles. The summed E-state index contributed by atoms with van der Waals surface area (Å²) in [4.78, 5) is 0. The number of rotatable bonds is 10. The van der Waals surface area contributed by atoms with E-state index in [0.717, 1.165) is 38.7 Å². The van der Waals surface area contributed by atoms with E-state index in [0.29, 0.717) is 6.54 Å². The van der Waals surface area contributed by atoms with Crippen LogP contribution in [0.1, 0.15) is 52.9 Å². The molecule has 29 heavy (non-hydrogen) atoms. The Labute approximate surface area is 177 Å². The molecular formula is C25H35NO2Si. The van der Waals surface area contributed by atoms with Crippen LogP contribution in [0.2, 0.25) is 5.04 Å². The standard InChI is InChI=1S/C25H35NO2Si/c1-25(2,3)29(23-17-11-9-12-18-23,24-19-13-10-14-20-24)28-22-16-8-6-4-5-7-15-21-26-27/h9-14,17-20,26-27H,5,7-8,15-16,21-22H2,1-3H3. The Hall–Kier alpha value is -1.90. The lowest BCUT2D eigenvalue weighted by Crippen LogP contribution is -2.66. The van der Waals surface area contributed by atoms with Gasteiger partial charge in [0.15, 0.2) is 0 Å². The highest BCUT2D eigenvalue weighted by Crippen LogP contribution is 2.36. The maximum absolute atomic E-state index is 8.56. The Bertz CT molecular complexity index is 721. The van der Waals surface area contributed by atoms with Crippen molar-refractivity contribution < 1.29 is 9.63 Å². The van der Waals surface area contributed by atoms with E-state index in [9.17, 15) is 0 Å². The van der Waals surface area contributed by atoms with Crippen LogP contribution in [0.5, 0.6) is 0 Å². The van der Waals surface area contributed by atoms with Crippen molar-refractivity contribution in [2.75, 3.05) is 13.2 Å². The zero-order valence-corrected chi connectivity index (χ0v) is 19.1. The van der Waals surface area contributed by atoms with E-state index >= 15 is 0 Å². The monoisotopic (exact) mass is 409 g/mol. The van der Waals surface area contributed by atoms with Crippen molar-refractivity contribution in [1.29, 1.82) is 0 Å². The summed E-state index contributed by atoms with van der Waals surface area (Å²) < 4.78 is 6.86. The first-order valence-electron chi connectivity index (χ1n) is 10.6. The molecule has 0 spiro atoms. The molecule has 3 nitrogen and oxygen atoms in total. The molecule has 0 aliphatic carbocycles. The molecule has 0 amide bonds. The topological polar surface area (TPSA) is 41.5 Å². The first-order valence-corrected chi connectivity index (χ1v) is 12.5. The molecule has 0 saturated carbocycles. The smallest absolute Gasteiger partial charge is 0.261 e. The van der Waals surface area contributed by atoms with Gasteiger partial charge in [0.2, 0.25) is 0 Å². The summed E-state index contributed by atoms with van der Waals surface area (Å²) in [5.74, 6) is 6.50. The summed E-state index contributed by atoms with van der Waals surface area (Å²) in [6.07, 6.45) is 4.64. The summed E-state index contributed by atoms with van der Waals surface area (Å²) >= 11 is 0. The van der Waals surface area contributed by atoms with Gasteiger partial charge < -0.3 is 9.63 Å². The number of unbranched alkanes of at least 4 members (excludes halogenated alkanes) is 3. The predicted molar refractivity (Wildman–Crippen MR) is 124 cm³/mol. The van der Waals surface area contributed by atoms with Crippen LogP contribution in [0.15, 0.2) is 60.7 Å². The molecule has 4 heteroatoms. The fourth-order valence-corrected chi connectivity index (χ4v) is 8.35. The van der Waals surface area contributed by atoms with Crippen molar-refractivity contribution in [2.24, 2.45) is 0 Å². The van der Waals surface area contributed by atoms with Crippen LogP contribution in [0.4, 0.5) is 0 Å². The first kappa shape index (κ1) is 23.4. The van der Waals surface area contributed by atoms with Gasteiger partial charge in [0.05, 0.1) is 0 Å². The van der Waals surface area contributed by atoms with E-state index in [-0.39, 0.29) is 5.04 Å². The molecule has 0 unspecified atom stereocenters. The van der Waals surface area contributed by atoms with Gasteiger partial charge in [-0.1, -0.05) is 81.4 Å². The Kier molecular flexibility index (Phi) is 9.63. The third-order valence-corrected chi connectivity index (χ3v) is 10.2. The lowest BCUT2D eigenvalue weighted by molar-refractivity contribution is 0.165. The molecule has 0 aromatic heterocycles. The van der Waals surface area contributed by atoms with Gasteiger partial charge in [0.1, 0.15) is 0 Å². The zero-order valence-electron chi connectivity index (χ0n) is 18.1. The minimum Gasteiger partial charge on any atom is -0.407 e. The molecule has 2 aromatic rings. The van der Waals surface area contributed by atoms with Crippen molar-refractivity contribution in [3.05, 3.63) is 60.7 Å². The minimum absolute atomic E-state index is 0.0160. The van der Waals surface area contributed by atoms with E-state index in [2.05, 4.69) is 98.8 Å². The fraction of sp³-hybridized carbons (Fsp3) is 0.440. The normalized spacial score (nSPS) is 11.7. The molecule has 0 radical (unpaired) electrons. The highest BCUT2D eigenvalue weighted by molar-refractivity contribution is 6.99. The molecular weight excluding hydrogens is 374 g/mol. The van der Waals surface area contributed by atoms with Gasteiger partial charge in [-0.2, -0.15) is 0 Å². The van der Waals surface area contributed by atoms with Crippen LogP contribution in [0.25, 0.3) is 0 Å². The number of benzene rings is 2. The van der Waals surface area contributed by atoms with Gasteiger partial charge in [0, 0.05) is 26.0 Å². The average molecular weight is 410 g/mol. The van der Waals surface area contributed by atoms with Crippen molar-refractivity contribution in [3.63, 3.8) is 0 Å². The Morgan fingerprint density at radius 3 is 1.83 bits per heavy atom.